The molecule has 2 rings (SSSR count). The molecule has 104 valence electrons. The molecule has 1 heterocycles. The Morgan fingerprint density at radius 3 is 2.47 bits per heavy atom. The fourth-order valence-corrected chi connectivity index (χ4v) is 2.80. The molecule has 0 aromatic heterocycles. The lowest BCUT2D eigenvalue weighted by Crippen LogP contribution is -2.45. The second-order valence-electron chi connectivity index (χ2n) is 5.78. The Kier molecular flexibility index (Phi) is 4.25. The molecule has 1 aliphatic heterocycles. The van der Waals surface area contributed by atoms with E-state index in [1.165, 1.54) is 5.56 Å². The summed E-state index contributed by atoms with van der Waals surface area (Å²) < 4.78 is 0. The molecule has 0 spiro atoms. The number of anilines is 1. The minimum Gasteiger partial charge on any atom is -0.311 e. The molecule has 3 nitrogen and oxygen atoms in total. The topological polar surface area (TPSA) is 23.6 Å². The summed E-state index contributed by atoms with van der Waals surface area (Å²) in [7, 11) is 0. The summed E-state index contributed by atoms with van der Waals surface area (Å²) in [5.41, 5.74) is 2.39. The first-order valence-electron chi connectivity index (χ1n) is 7.14. The van der Waals surface area contributed by atoms with Gasteiger partial charge in [-0.25, -0.2) is 0 Å². The molecular weight excluding hydrogens is 236 g/mol. The van der Waals surface area contributed by atoms with Crippen molar-refractivity contribution >= 4 is 11.6 Å². The van der Waals surface area contributed by atoms with Crippen LogP contribution in [0.2, 0.25) is 0 Å². The lowest BCUT2D eigenvalue weighted by Gasteiger charge is -2.31. The van der Waals surface area contributed by atoms with Gasteiger partial charge < -0.3 is 4.90 Å². The fraction of sp³-hybridized carbons (Fsp3) is 0.562. The maximum atomic E-state index is 12.5. The molecule has 1 aromatic carbocycles. The number of nitrogens with zero attached hydrogens (tertiary/aromatic N) is 2. The Labute approximate surface area is 116 Å². The highest BCUT2D eigenvalue weighted by molar-refractivity contribution is 5.96. The van der Waals surface area contributed by atoms with Crippen LogP contribution in [0.25, 0.3) is 0 Å². The SMILES string of the molecule is CC(C)N(CC(=O)N1CCc2ccccc21)C(C)C. The zero-order valence-corrected chi connectivity index (χ0v) is 12.4. The summed E-state index contributed by atoms with van der Waals surface area (Å²) in [6.07, 6.45) is 0.977. The Morgan fingerprint density at radius 1 is 1.21 bits per heavy atom. The van der Waals surface area contributed by atoms with Gasteiger partial charge >= 0.3 is 0 Å². The number of fused-ring (bicyclic) bond motifs is 1. The van der Waals surface area contributed by atoms with Gasteiger partial charge in [-0.15, -0.1) is 0 Å². The molecule has 1 aliphatic rings. The van der Waals surface area contributed by atoms with Crippen molar-refractivity contribution in [2.45, 2.75) is 46.2 Å². The summed E-state index contributed by atoms with van der Waals surface area (Å²) in [5, 5.41) is 0. The third kappa shape index (κ3) is 2.98. The largest absolute Gasteiger partial charge is 0.311 e. The smallest absolute Gasteiger partial charge is 0.241 e. The van der Waals surface area contributed by atoms with Gasteiger partial charge in [0, 0.05) is 24.3 Å². The molecule has 0 atom stereocenters. The minimum absolute atomic E-state index is 0.215. The lowest BCUT2D eigenvalue weighted by atomic mass is 10.2. The molecule has 0 saturated heterocycles. The quantitative estimate of drug-likeness (QED) is 0.831. The average Bonchev–Trinajstić information content (AvgIpc) is 2.78. The molecule has 0 unspecified atom stereocenters. The summed E-state index contributed by atoms with van der Waals surface area (Å²) in [4.78, 5) is 16.7. The van der Waals surface area contributed by atoms with E-state index in [-0.39, 0.29) is 5.91 Å². The van der Waals surface area contributed by atoms with Gasteiger partial charge in [0.05, 0.1) is 6.54 Å². The number of benzene rings is 1. The standard InChI is InChI=1S/C16H24N2O/c1-12(2)18(13(3)4)11-16(19)17-10-9-14-7-5-6-8-15(14)17/h5-8,12-13H,9-11H2,1-4H3. The number of hydrogen-bond donors (Lipinski definition) is 0. The zero-order valence-electron chi connectivity index (χ0n) is 12.4. The monoisotopic (exact) mass is 260 g/mol. The molecule has 0 saturated carbocycles. The van der Waals surface area contributed by atoms with Crippen LogP contribution >= 0.6 is 0 Å². The van der Waals surface area contributed by atoms with Crippen molar-refractivity contribution in [2.24, 2.45) is 0 Å². The second kappa shape index (κ2) is 5.74. The predicted octanol–water partition coefficient (Wildman–Crippen LogP) is 2.69. The highest BCUT2D eigenvalue weighted by Crippen LogP contribution is 2.27. The van der Waals surface area contributed by atoms with Gasteiger partial charge in [-0.3, -0.25) is 9.69 Å². The van der Waals surface area contributed by atoms with Gasteiger partial charge in [0.1, 0.15) is 0 Å². The number of para-hydroxylation sites is 1. The fourth-order valence-electron chi connectivity index (χ4n) is 2.80. The van der Waals surface area contributed by atoms with E-state index in [4.69, 9.17) is 0 Å². The van der Waals surface area contributed by atoms with Crippen LogP contribution in [-0.4, -0.2) is 36.0 Å². The van der Waals surface area contributed by atoms with Crippen LogP contribution in [0.1, 0.15) is 33.3 Å². The molecule has 0 bridgehead atoms. The third-order valence-corrected chi connectivity index (χ3v) is 3.83. The second-order valence-corrected chi connectivity index (χ2v) is 5.78. The summed E-state index contributed by atoms with van der Waals surface area (Å²) in [6, 6.07) is 9.00. The highest BCUT2D eigenvalue weighted by Gasteiger charge is 2.26. The number of carbonyl (C=O) groups is 1. The minimum atomic E-state index is 0.215. The zero-order chi connectivity index (χ0) is 14.0. The maximum absolute atomic E-state index is 12.5. The van der Waals surface area contributed by atoms with E-state index in [0.717, 1.165) is 18.7 Å². The number of amides is 1. The van der Waals surface area contributed by atoms with Crippen molar-refractivity contribution < 1.29 is 4.79 Å². The molecule has 0 N–H and O–H groups in total. The number of rotatable bonds is 4. The molecule has 1 amide bonds. The third-order valence-electron chi connectivity index (χ3n) is 3.83. The summed E-state index contributed by atoms with van der Waals surface area (Å²) >= 11 is 0. The van der Waals surface area contributed by atoms with E-state index in [1.54, 1.807) is 0 Å². The summed E-state index contributed by atoms with van der Waals surface area (Å²) in [5.74, 6) is 0.215. The van der Waals surface area contributed by atoms with E-state index in [2.05, 4.69) is 44.7 Å². The molecule has 3 heteroatoms. The van der Waals surface area contributed by atoms with Crippen LogP contribution in [0.15, 0.2) is 24.3 Å². The van der Waals surface area contributed by atoms with Crippen molar-refractivity contribution in [3.05, 3.63) is 29.8 Å². The molecule has 0 fully saturated rings. The maximum Gasteiger partial charge on any atom is 0.241 e. The first-order valence-corrected chi connectivity index (χ1v) is 7.14. The van der Waals surface area contributed by atoms with Crippen molar-refractivity contribution in [1.29, 1.82) is 0 Å². The Hall–Kier alpha value is -1.35. The molecule has 19 heavy (non-hydrogen) atoms. The van der Waals surface area contributed by atoms with E-state index >= 15 is 0 Å². The van der Waals surface area contributed by atoms with Crippen LogP contribution in [0.5, 0.6) is 0 Å². The van der Waals surface area contributed by atoms with Crippen LogP contribution in [0.3, 0.4) is 0 Å². The van der Waals surface area contributed by atoms with Crippen molar-refractivity contribution in [3.63, 3.8) is 0 Å². The van der Waals surface area contributed by atoms with E-state index < -0.39 is 0 Å². The van der Waals surface area contributed by atoms with Crippen LogP contribution in [0.4, 0.5) is 5.69 Å². The van der Waals surface area contributed by atoms with Gasteiger partial charge in [0.15, 0.2) is 0 Å². The van der Waals surface area contributed by atoms with Crippen molar-refractivity contribution in [2.75, 3.05) is 18.0 Å². The van der Waals surface area contributed by atoms with Crippen LogP contribution < -0.4 is 4.90 Å². The van der Waals surface area contributed by atoms with Crippen LogP contribution in [0, 0.1) is 0 Å². The summed E-state index contributed by atoms with van der Waals surface area (Å²) in [6.45, 7) is 9.90. The predicted molar refractivity (Wildman–Crippen MR) is 79.5 cm³/mol. The van der Waals surface area contributed by atoms with Crippen molar-refractivity contribution in [1.82, 2.24) is 4.90 Å². The van der Waals surface area contributed by atoms with Gasteiger partial charge in [-0.1, -0.05) is 18.2 Å². The normalized spacial score (nSPS) is 14.6. The Bertz CT molecular complexity index is 446. The van der Waals surface area contributed by atoms with Crippen molar-refractivity contribution in [3.8, 4) is 0 Å². The van der Waals surface area contributed by atoms with Gasteiger partial charge in [0.2, 0.25) is 5.91 Å². The number of carbonyl (C=O) groups excluding carboxylic acids is 1. The first kappa shape index (κ1) is 14.1. The number of hydrogen-bond acceptors (Lipinski definition) is 2. The first-order chi connectivity index (χ1) is 9.00. The van der Waals surface area contributed by atoms with Gasteiger partial charge in [-0.2, -0.15) is 0 Å². The molecular formula is C16H24N2O. The van der Waals surface area contributed by atoms with E-state index in [1.807, 2.05) is 17.0 Å². The van der Waals surface area contributed by atoms with Gasteiger partial charge in [-0.05, 0) is 45.7 Å². The molecule has 1 aromatic rings. The van der Waals surface area contributed by atoms with Crippen LogP contribution in [-0.2, 0) is 11.2 Å². The Balaban J connectivity index is 2.10. The van der Waals surface area contributed by atoms with Gasteiger partial charge in [0.25, 0.3) is 0 Å². The molecule has 0 radical (unpaired) electrons. The van der Waals surface area contributed by atoms with E-state index in [9.17, 15) is 4.79 Å². The Morgan fingerprint density at radius 2 is 1.84 bits per heavy atom. The average molecular weight is 260 g/mol. The van der Waals surface area contributed by atoms with E-state index in [0.29, 0.717) is 18.6 Å². The highest BCUT2D eigenvalue weighted by atomic mass is 16.2. The molecule has 0 aliphatic carbocycles. The lowest BCUT2D eigenvalue weighted by molar-refractivity contribution is -0.120.